The number of ether oxygens (including phenoxy) is 1. The normalized spacial score (nSPS) is 11.1. The van der Waals surface area contributed by atoms with Gasteiger partial charge in [-0.1, -0.05) is 36.4 Å². The third kappa shape index (κ3) is 6.58. The number of thiazole rings is 1. The molecule has 0 unspecified atom stereocenters. The number of hydrogen-bond donors (Lipinski definition) is 2. The van der Waals surface area contributed by atoms with Crippen molar-refractivity contribution in [2.45, 2.75) is 19.3 Å². The summed E-state index contributed by atoms with van der Waals surface area (Å²) < 4.78 is 12.5. The van der Waals surface area contributed by atoms with Gasteiger partial charge in [-0.15, -0.1) is 21.5 Å². The number of rotatable bonds is 11. The third-order valence-corrected chi connectivity index (χ3v) is 6.66. The molecule has 0 aliphatic rings. The average Bonchev–Trinajstić information content (AvgIpc) is 3.53. The van der Waals surface area contributed by atoms with Crippen LogP contribution in [0.1, 0.15) is 23.2 Å². The zero-order chi connectivity index (χ0) is 25.5. The molecule has 9 heteroatoms. The first-order chi connectivity index (χ1) is 18.2. The molecular weight excluding hydrogens is 486 g/mol. The lowest BCUT2D eigenvalue weighted by Gasteiger charge is -2.08. The Labute approximate surface area is 218 Å². The van der Waals surface area contributed by atoms with Crippen LogP contribution < -0.4 is 15.4 Å². The van der Waals surface area contributed by atoms with Crippen LogP contribution in [0.25, 0.3) is 21.3 Å². The van der Waals surface area contributed by atoms with Crippen LogP contribution in [0.5, 0.6) is 5.75 Å². The van der Waals surface area contributed by atoms with Crippen LogP contribution in [0.2, 0.25) is 0 Å². The lowest BCUT2D eigenvalue weighted by Crippen LogP contribution is -2.14. The highest BCUT2D eigenvalue weighted by molar-refractivity contribution is 7.18. The quantitative estimate of drug-likeness (QED) is 0.237. The van der Waals surface area contributed by atoms with E-state index in [0.29, 0.717) is 24.6 Å². The van der Waals surface area contributed by atoms with Gasteiger partial charge in [0.05, 0.1) is 23.2 Å². The Bertz CT molecular complexity index is 1460. The highest BCUT2D eigenvalue weighted by Gasteiger charge is 2.14. The van der Waals surface area contributed by atoms with Crippen molar-refractivity contribution in [3.05, 3.63) is 89.6 Å². The Morgan fingerprint density at radius 3 is 2.59 bits per heavy atom. The molecule has 2 aromatic heterocycles. The van der Waals surface area contributed by atoms with E-state index in [2.05, 4.69) is 45.1 Å². The Kier molecular flexibility index (Phi) is 7.83. The van der Waals surface area contributed by atoms with Crippen molar-refractivity contribution < 1.29 is 13.9 Å². The van der Waals surface area contributed by atoms with E-state index >= 15 is 0 Å². The number of fused-ring (bicyclic) bond motifs is 1. The molecule has 0 bridgehead atoms. The minimum atomic E-state index is -0.230. The highest BCUT2D eigenvalue weighted by Crippen LogP contribution is 2.29. The number of nitrogens with zero attached hydrogens (tertiary/aromatic N) is 3. The lowest BCUT2D eigenvalue weighted by atomic mass is 10.1. The Hall–Kier alpha value is -4.08. The molecule has 5 aromatic rings. The maximum absolute atomic E-state index is 12.5. The van der Waals surface area contributed by atoms with E-state index in [-0.39, 0.29) is 18.2 Å². The summed E-state index contributed by atoms with van der Waals surface area (Å²) in [6.45, 7) is 1.54. The first-order valence-electron chi connectivity index (χ1n) is 12.1. The van der Waals surface area contributed by atoms with E-state index < -0.39 is 0 Å². The van der Waals surface area contributed by atoms with Crippen LogP contribution in [0, 0.1) is 0 Å². The standard InChI is InChI=1S/C28H27N5O3S/c1-29-14-5-15-35-22-11-9-21(10-12-22)30-25(34)17-26-32-33-27(36-26)18-28-31-23-13-8-20(16-24(23)37-28)19-6-3-2-4-7-19/h2-4,6-13,16,29H,5,14-15,17-18H2,1H3,(H,30,34). The number of hydrogen-bond acceptors (Lipinski definition) is 8. The van der Waals surface area contributed by atoms with Crippen molar-refractivity contribution in [1.29, 1.82) is 0 Å². The molecule has 2 N–H and O–H groups in total. The first-order valence-corrected chi connectivity index (χ1v) is 12.9. The molecule has 188 valence electrons. The number of anilines is 1. The molecule has 0 atom stereocenters. The summed E-state index contributed by atoms with van der Waals surface area (Å²) in [5.41, 5.74) is 3.94. The van der Waals surface area contributed by atoms with Crippen molar-refractivity contribution in [1.82, 2.24) is 20.5 Å². The molecule has 0 saturated heterocycles. The zero-order valence-corrected chi connectivity index (χ0v) is 21.3. The summed E-state index contributed by atoms with van der Waals surface area (Å²) in [6.07, 6.45) is 1.34. The molecule has 2 heterocycles. The molecule has 8 nitrogen and oxygen atoms in total. The van der Waals surface area contributed by atoms with Crippen molar-refractivity contribution in [3.63, 3.8) is 0 Å². The fourth-order valence-corrected chi connectivity index (χ4v) is 4.83. The Morgan fingerprint density at radius 1 is 0.973 bits per heavy atom. The summed E-state index contributed by atoms with van der Waals surface area (Å²) in [4.78, 5) is 17.2. The molecule has 5 rings (SSSR count). The maximum Gasteiger partial charge on any atom is 0.233 e. The maximum atomic E-state index is 12.5. The summed E-state index contributed by atoms with van der Waals surface area (Å²) in [5, 5.41) is 15.0. The number of nitrogens with one attached hydrogen (secondary N) is 2. The van der Waals surface area contributed by atoms with Gasteiger partial charge in [-0.3, -0.25) is 4.79 Å². The number of aromatic nitrogens is 3. The Morgan fingerprint density at radius 2 is 1.78 bits per heavy atom. The third-order valence-electron chi connectivity index (χ3n) is 5.64. The predicted molar refractivity (Wildman–Crippen MR) is 145 cm³/mol. The molecule has 0 saturated carbocycles. The van der Waals surface area contributed by atoms with E-state index in [0.717, 1.165) is 39.5 Å². The minimum absolute atomic E-state index is 0.00442. The number of carbonyl (C=O) groups excluding carboxylic acids is 1. The van der Waals surface area contributed by atoms with Crippen LogP contribution in [-0.4, -0.2) is 41.3 Å². The topological polar surface area (TPSA) is 102 Å². The van der Waals surface area contributed by atoms with Gasteiger partial charge in [0.1, 0.15) is 17.2 Å². The second kappa shape index (κ2) is 11.8. The second-order valence-corrected chi connectivity index (χ2v) is 9.59. The molecule has 0 aliphatic carbocycles. The first kappa shape index (κ1) is 24.6. The molecule has 0 radical (unpaired) electrons. The number of carbonyl (C=O) groups is 1. The van der Waals surface area contributed by atoms with E-state index in [9.17, 15) is 4.79 Å². The van der Waals surface area contributed by atoms with Gasteiger partial charge in [0.2, 0.25) is 17.7 Å². The molecular formula is C28H27N5O3S. The van der Waals surface area contributed by atoms with Crippen molar-refractivity contribution >= 4 is 33.1 Å². The van der Waals surface area contributed by atoms with Gasteiger partial charge in [0.15, 0.2) is 0 Å². The fraction of sp³-hybridized carbons (Fsp3) is 0.214. The van der Waals surface area contributed by atoms with Gasteiger partial charge in [0, 0.05) is 5.69 Å². The number of benzene rings is 3. The lowest BCUT2D eigenvalue weighted by molar-refractivity contribution is -0.115. The van der Waals surface area contributed by atoms with Gasteiger partial charge in [-0.25, -0.2) is 4.98 Å². The van der Waals surface area contributed by atoms with Gasteiger partial charge in [-0.05, 0) is 67.5 Å². The summed E-state index contributed by atoms with van der Waals surface area (Å²) in [7, 11) is 1.91. The predicted octanol–water partition coefficient (Wildman–Crippen LogP) is 5.11. The van der Waals surface area contributed by atoms with E-state index in [4.69, 9.17) is 14.1 Å². The highest BCUT2D eigenvalue weighted by atomic mass is 32.1. The van der Waals surface area contributed by atoms with Crippen molar-refractivity contribution in [3.8, 4) is 16.9 Å². The SMILES string of the molecule is CNCCCOc1ccc(NC(=O)Cc2nnc(Cc3nc4ccc(-c5ccccc5)cc4s3)o2)cc1. The molecule has 37 heavy (non-hydrogen) atoms. The molecule has 0 spiro atoms. The van der Waals surface area contributed by atoms with Gasteiger partial charge in [-0.2, -0.15) is 0 Å². The van der Waals surface area contributed by atoms with Crippen molar-refractivity contribution in [2.75, 3.05) is 25.5 Å². The van der Waals surface area contributed by atoms with Crippen LogP contribution in [0.3, 0.4) is 0 Å². The van der Waals surface area contributed by atoms with Crippen LogP contribution in [0.4, 0.5) is 5.69 Å². The summed E-state index contributed by atoms with van der Waals surface area (Å²) in [5.74, 6) is 1.24. The van der Waals surface area contributed by atoms with Gasteiger partial charge in [0.25, 0.3) is 0 Å². The monoisotopic (exact) mass is 513 g/mol. The molecule has 0 aliphatic heterocycles. The van der Waals surface area contributed by atoms with E-state index in [1.807, 2.05) is 43.4 Å². The number of amides is 1. The average molecular weight is 514 g/mol. The smallest absolute Gasteiger partial charge is 0.233 e. The Balaban J connectivity index is 1.15. The van der Waals surface area contributed by atoms with Crippen LogP contribution in [0.15, 0.2) is 77.2 Å². The van der Waals surface area contributed by atoms with Crippen LogP contribution >= 0.6 is 11.3 Å². The van der Waals surface area contributed by atoms with Crippen LogP contribution in [-0.2, 0) is 17.6 Å². The van der Waals surface area contributed by atoms with E-state index in [1.54, 1.807) is 23.5 Å². The van der Waals surface area contributed by atoms with Gasteiger partial charge < -0.3 is 19.8 Å². The largest absolute Gasteiger partial charge is 0.494 e. The van der Waals surface area contributed by atoms with Crippen molar-refractivity contribution in [2.24, 2.45) is 0 Å². The fourth-order valence-electron chi connectivity index (χ4n) is 3.83. The second-order valence-electron chi connectivity index (χ2n) is 8.48. The zero-order valence-electron chi connectivity index (χ0n) is 20.4. The minimum Gasteiger partial charge on any atom is -0.494 e. The summed E-state index contributed by atoms with van der Waals surface area (Å²) >= 11 is 1.60. The molecule has 1 amide bonds. The molecule has 3 aromatic carbocycles. The summed E-state index contributed by atoms with van der Waals surface area (Å²) in [6, 6.07) is 23.8. The molecule has 0 fully saturated rings. The van der Waals surface area contributed by atoms with E-state index in [1.165, 1.54) is 5.56 Å². The van der Waals surface area contributed by atoms with Gasteiger partial charge >= 0.3 is 0 Å².